The summed E-state index contributed by atoms with van der Waals surface area (Å²) in [5.74, 6) is 0.613. The Labute approximate surface area is 220 Å². The summed E-state index contributed by atoms with van der Waals surface area (Å²) in [7, 11) is 0. The molecule has 2 nitrogen and oxygen atoms in total. The molecule has 10 rings (SSSR count). The van der Waals surface area contributed by atoms with E-state index in [-0.39, 0.29) is 24.4 Å². The van der Waals surface area contributed by atoms with Gasteiger partial charge in [-0.3, -0.25) is 0 Å². The van der Waals surface area contributed by atoms with E-state index >= 15 is 0 Å². The number of ether oxygens (including phenoxy) is 2. The Morgan fingerprint density at radius 2 is 0.895 bits per heavy atom. The minimum Gasteiger partial charge on any atom is -0.366 e. The van der Waals surface area contributed by atoms with Crippen LogP contribution in [-0.4, -0.2) is 6.10 Å². The SMILES string of the molecule is C1=C[C@@H]2[C@H]3[C@@H](O[C@@H]2c2c1c1ccccc1c1ccccc21)[C@H]1O[C@@H]3c2c1c1ccccc1c1ccccc21. The molecule has 0 N–H and O–H groups in total. The molecule has 2 fully saturated rings. The molecule has 6 atom stereocenters. The summed E-state index contributed by atoms with van der Waals surface area (Å²) >= 11 is 0. The molecule has 6 aromatic rings. The zero-order valence-corrected chi connectivity index (χ0v) is 20.7. The third-order valence-corrected chi connectivity index (χ3v) is 9.79. The number of benzene rings is 6. The number of hydrogen-bond donors (Lipinski definition) is 0. The van der Waals surface area contributed by atoms with Gasteiger partial charge in [0.15, 0.2) is 0 Å². The van der Waals surface area contributed by atoms with Crippen LogP contribution in [0.1, 0.15) is 40.6 Å². The first-order valence-corrected chi connectivity index (χ1v) is 13.7. The molecule has 6 aromatic carbocycles. The highest BCUT2D eigenvalue weighted by atomic mass is 16.6. The van der Waals surface area contributed by atoms with Gasteiger partial charge in [-0.15, -0.1) is 0 Å². The highest BCUT2D eigenvalue weighted by molar-refractivity contribution is 6.13. The summed E-state index contributed by atoms with van der Waals surface area (Å²) in [6.45, 7) is 0. The largest absolute Gasteiger partial charge is 0.366 e. The van der Waals surface area contributed by atoms with Gasteiger partial charge < -0.3 is 9.47 Å². The van der Waals surface area contributed by atoms with Crippen molar-refractivity contribution in [3.63, 3.8) is 0 Å². The van der Waals surface area contributed by atoms with Crippen molar-refractivity contribution < 1.29 is 9.47 Å². The minimum absolute atomic E-state index is 0.0244. The number of rotatable bonds is 0. The lowest BCUT2D eigenvalue weighted by molar-refractivity contribution is -0.0386. The lowest BCUT2D eigenvalue weighted by Crippen LogP contribution is -2.26. The monoisotopic (exact) mass is 488 g/mol. The Balaban J connectivity index is 1.22. The zero-order chi connectivity index (χ0) is 24.5. The molecular weight excluding hydrogens is 464 g/mol. The Hall–Kier alpha value is -3.98. The predicted octanol–water partition coefficient (Wildman–Crippen LogP) is 8.82. The van der Waals surface area contributed by atoms with Crippen molar-refractivity contribution >= 4 is 49.2 Å². The van der Waals surface area contributed by atoms with E-state index in [0.717, 1.165) is 0 Å². The summed E-state index contributed by atoms with van der Waals surface area (Å²) in [6, 6.07) is 35.4. The first-order chi connectivity index (χ1) is 18.9. The van der Waals surface area contributed by atoms with Gasteiger partial charge in [0.05, 0.1) is 18.3 Å². The Bertz CT molecular complexity index is 2040. The normalized spacial score (nSPS) is 28.2. The van der Waals surface area contributed by atoms with Crippen LogP contribution >= 0.6 is 0 Å². The second-order valence-electron chi connectivity index (χ2n) is 11.3. The second kappa shape index (κ2) is 6.91. The van der Waals surface area contributed by atoms with Gasteiger partial charge in [-0.2, -0.15) is 0 Å². The van der Waals surface area contributed by atoms with Crippen LogP contribution in [0.3, 0.4) is 0 Å². The van der Waals surface area contributed by atoms with E-state index in [4.69, 9.17) is 9.47 Å². The molecule has 3 heterocycles. The summed E-state index contributed by atoms with van der Waals surface area (Å²) in [5.41, 5.74) is 5.44. The Kier molecular flexibility index (Phi) is 3.64. The molecule has 180 valence electrons. The van der Waals surface area contributed by atoms with Crippen molar-refractivity contribution in [1.82, 2.24) is 0 Å². The van der Waals surface area contributed by atoms with E-state index in [1.807, 2.05) is 0 Å². The van der Waals surface area contributed by atoms with E-state index in [1.54, 1.807) is 0 Å². The summed E-state index contributed by atoms with van der Waals surface area (Å²) < 4.78 is 14.0. The average molecular weight is 489 g/mol. The Morgan fingerprint density at radius 1 is 0.421 bits per heavy atom. The van der Waals surface area contributed by atoms with Crippen LogP contribution < -0.4 is 0 Å². The van der Waals surface area contributed by atoms with Crippen LogP contribution in [0.15, 0.2) is 103 Å². The van der Waals surface area contributed by atoms with E-state index in [2.05, 4.69) is 109 Å². The molecule has 4 aliphatic rings. The maximum Gasteiger partial charge on any atom is 0.111 e. The smallest absolute Gasteiger partial charge is 0.111 e. The topological polar surface area (TPSA) is 18.5 Å². The van der Waals surface area contributed by atoms with Crippen molar-refractivity contribution in [2.75, 3.05) is 0 Å². The number of fused-ring (bicyclic) bond motifs is 22. The lowest BCUT2D eigenvalue weighted by Gasteiger charge is -2.30. The third kappa shape index (κ3) is 2.25. The van der Waals surface area contributed by atoms with E-state index in [1.165, 1.54) is 65.3 Å². The van der Waals surface area contributed by atoms with Gasteiger partial charge in [-0.25, -0.2) is 0 Å². The fourth-order valence-electron chi connectivity index (χ4n) is 8.43. The van der Waals surface area contributed by atoms with E-state index in [0.29, 0.717) is 11.8 Å². The average Bonchev–Trinajstić information content (AvgIpc) is 3.67. The predicted molar refractivity (Wildman–Crippen MR) is 153 cm³/mol. The van der Waals surface area contributed by atoms with Gasteiger partial charge in [0.2, 0.25) is 0 Å². The van der Waals surface area contributed by atoms with Crippen molar-refractivity contribution in [2.24, 2.45) is 11.8 Å². The molecule has 0 amide bonds. The first-order valence-electron chi connectivity index (χ1n) is 13.7. The molecule has 0 radical (unpaired) electrons. The van der Waals surface area contributed by atoms with Gasteiger partial charge in [0, 0.05) is 11.8 Å². The van der Waals surface area contributed by atoms with Crippen molar-refractivity contribution in [3.05, 3.63) is 125 Å². The quantitative estimate of drug-likeness (QED) is 0.199. The van der Waals surface area contributed by atoms with Crippen LogP contribution in [0, 0.1) is 11.8 Å². The molecule has 2 bridgehead atoms. The van der Waals surface area contributed by atoms with Crippen LogP contribution in [-0.2, 0) is 9.47 Å². The maximum atomic E-state index is 7.15. The molecule has 1 aliphatic carbocycles. The van der Waals surface area contributed by atoms with Gasteiger partial charge in [-0.05, 0) is 65.3 Å². The second-order valence-corrected chi connectivity index (χ2v) is 11.3. The highest BCUT2D eigenvalue weighted by Crippen LogP contribution is 2.67. The highest BCUT2D eigenvalue weighted by Gasteiger charge is 2.62. The Morgan fingerprint density at radius 3 is 1.50 bits per heavy atom. The van der Waals surface area contributed by atoms with E-state index in [9.17, 15) is 0 Å². The molecule has 3 aliphatic heterocycles. The van der Waals surface area contributed by atoms with Crippen LogP contribution in [0.25, 0.3) is 49.2 Å². The van der Waals surface area contributed by atoms with Gasteiger partial charge in [0.1, 0.15) is 6.10 Å². The van der Waals surface area contributed by atoms with Gasteiger partial charge in [0.25, 0.3) is 0 Å². The number of hydrogen-bond acceptors (Lipinski definition) is 2. The van der Waals surface area contributed by atoms with Crippen LogP contribution in [0.2, 0.25) is 0 Å². The lowest BCUT2D eigenvalue weighted by atomic mass is 9.70. The van der Waals surface area contributed by atoms with Crippen molar-refractivity contribution in [1.29, 1.82) is 0 Å². The summed E-state index contributed by atoms with van der Waals surface area (Å²) in [5, 5.41) is 10.6. The molecule has 0 aromatic heterocycles. The molecule has 2 heteroatoms. The van der Waals surface area contributed by atoms with E-state index < -0.39 is 0 Å². The van der Waals surface area contributed by atoms with Gasteiger partial charge >= 0.3 is 0 Å². The molecule has 0 unspecified atom stereocenters. The van der Waals surface area contributed by atoms with Crippen LogP contribution in [0.4, 0.5) is 0 Å². The molecular formula is C36H24O2. The molecule has 0 spiro atoms. The molecule has 38 heavy (non-hydrogen) atoms. The van der Waals surface area contributed by atoms with Gasteiger partial charge in [-0.1, -0.05) is 109 Å². The first kappa shape index (κ1) is 20.0. The van der Waals surface area contributed by atoms with Crippen LogP contribution in [0.5, 0.6) is 0 Å². The maximum absolute atomic E-state index is 7.15. The fraction of sp³-hybridized carbons (Fsp3) is 0.167. The minimum atomic E-state index is -0.0244. The molecule has 0 saturated carbocycles. The third-order valence-electron chi connectivity index (χ3n) is 9.79. The zero-order valence-electron chi connectivity index (χ0n) is 20.7. The van der Waals surface area contributed by atoms with Crippen molar-refractivity contribution in [3.8, 4) is 0 Å². The van der Waals surface area contributed by atoms with Crippen molar-refractivity contribution in [2.45, 2.75) is 24.4 Å². The molecule has 2 saturated heterocycles. The summed E-state index contributed by atoms with van der Waals surface area (Å²) in [6.07, 6.45) is 4.95. The summed E-state index contributed by atoms with van der Waals surface area (Å²) in [4.78, 5) is 0. The standard InChI is InChI=1S/C36H24O2/c1-2-11-21-19(9-1)20-10-3-6-14-24(20)29-27(21)17-18-28-32-34-30-25-15-7-4-12-22(25)23-13-5-8-16-26(23)31(30)35(38-34)36(32)37-33(28)29/h1-18,28,32-36H/t28-,32-,33+,34-,35+,36-/m1/s1. The fourth-order valence-corrected chi connectivity index (χ4v) is 8.43.